The molecule has 0 spiro atoms. The van der Waals surface area contributed by atoms with Gasteiger partial charge in [0.15, 0.2) is 5.16 Å². The lowest BCUT2D eigenvalue weighted by Crippen LogP contribution is -2.25. The number of nitrogens with one attached hydrogen (secondary N) is 1. The van der Waals surface area contributed by atoms with Crippen LogP contribution in [0.5, 0.6) is 0 Å². The van der Waals surface area contributed by atoms with Gasteiger partial charge in [0.1, 0.15) is 4.83 Å². The summed E-state index contributed by atoms with van der Waals surface area (Å²) in [4.78, 5) is 43.0. The van der Waals surface area contributed by atoms with Crippen LogP contribution in [0.1, 0.15) is 30.2 Å². The first-order valence-corrected chi connectivity index (χ1v) is 12.0. The van der Waals surface area contributed by atoms with Crippen LogP contribution in [-0.2, 0) is 24.2 Å². The van der Waals surface area contributed by atoms with Crippen molar-refractivity contribution in [3.63, 3.8) is 0 Å². The zero-order valence-electron chi connectivity index (χ0n) is 17.6. The molecule has 0 unspecified atom stereocenters. The van der Waals surface area contributed by atoms with Crippen LogP contribution in [0.15, 0.2) is 46.4 Å². The molecule has 0 radical (unpaired) electrons. The van der Waals surface area contributed by atoms with E-state index < -0.39 is 4.92 Å². The van der Waals surface area contributed by atoms with Crippen molar-refractivity contribution in [2.45, 2.75) is 44.3 Å². The summed E-state index contributed by atoms with van der Waals surface area (Å²) in [7, 11) is 0. The maximum Gasteiger partial charge on any atom is 0.271 e. The molecule has 4 rings (SSSR count). The minimum absolute atomic E-state index is 0.0158. The van der Waals surface area contributed by atoms with Gasteiger partial charge in [0.2, 0.25) is 5.91 Å². The second-order valence-corrected chi connectivity index (χ2v) is 9.80. The number of carbonyl (C=O) groups excluding carboxylic acids is 1. The molecule has 10 heteroatoms. The molecule has 8 nitrogen and oxygen atoms in total. The van der Waals surface area contributed by atoms with Crippen LogP contribution in [0, 0.1) is 10.1 Å². The average Bonchev–Trinajstić information content (AvgIpc) is 3.13. The van der Waals surface area contributed by atoms with E-state index >= 15 is 0 Å². The standard InChI is InChI=1S/C22H22N4O4S2/c1-13(2)11-25-21(28)19-16-8-3-4-9-17(16)32-20(19)24-22(25)31-12-18(27)23-14-6-5-7-15(10-14)26(29)30/h5-7,10H,1,3-4,8-9,11-12H2,2H3,(H,23,27). The number of amides is 1. The number of allylic oxidation sites excluding steroid dienone is 1. The first-order valence-electron chi connectivity index (χ1n) is 10.2. The third kappa shape index (κ3) is 4.61. The highest BCUT2D eigenvalue weighted by Gasteiger charge is 2.22. The molecule has 1 amide bonds. The second kappa shape index (κ2) is 9.25. The number of anilines is 1. The number of benzene rings is 1. The molecule has 32 heavy (non-hydrogen) atoms. The van der Waals surface area contributed by atoms with Crippen LogP contribution < -0.4 is 10.9 Å². The Morgan fingerprint density at radius 1 is 1.38 bits per heavy atom. The maximum absolute atomic E-state index is 13.4. The van der Waals surface area contributed by atoms with Crippen LogP contribution in [0.4, 0.5) is 11.4 Å². The van der Waals surface area contributed by atoms with Crippen molar-refractivity contribution >= 4 is 50.6 Å². The van der Waals surface area contributed by atoms with E-state index in [-0.39, 0.29) is 22.9 Å². The van der Waals surface area contributed by atoms with Gasteiger partial charge < -0.3 is 5.32 Å². The number of hydrogen-bond donors (Lipinski definition) is 1. The Bertz CT molecular complexity index is 1300. The van der Waals surface area contributed by atoms with Crippen molar-refractivity contribution in [3.05, 3.63) is 67.3 Å². The number of hydrogen-bond acceptors (Lipinski definition) is 7. The fourth-order valence-corrected chi connectivity index (χ4v) is 5.86. The summed E-state index contributed by atoms with van der Waals surface area (Å²) in [5.74, 6) is -0.320. The second-order valence-electron chi connectivity index (χ2n) is 7.78. The summed E-state index contributed by atoms with van der Waals surface area (Å²) in [6, 6.07) is 5.77. The van der Waals surface area contributed by atoms with Gasteiger partial charge in [-0.15, -0.1) is 11.3 Å². The number of rotatable bonds is 7. The third-order valence-corrected chi connectivity index (χ3v) is 7.30. The summed E-state index contributed by atoms with van der Waals surface area (Å²) in [6.45, 7) is 6.12. The Hall–Kier alpha value is -2.98. The number of nitro benzene ring substituents is 1. The Morgan fingerprint density at radius 3 is 2.91 bits per heavy atom. The normalized spacial score (nSPS) is 13.0. The minimum Gasteiger partial charge on any atom is -0.325 e. The van der Waals surface area contributed by atoms with Gasteiger partial charge in [-0.25, -0.2) is 4.98 Å². The zero-order chi connectivity index (χ0) is 22.8. The van der Waals surface area contributed by atoms with Crippen molar-refractivity contribution in [1.82, 2.24) is 9.55 Å². The number of thioether (sulfide) groups is 1. The van der Waals surface area contributed by atoms with E-state index in [0.717, 1.165) is 41.7 Å². The van der Waals surface area contributed by atoms with E-state index in [1.54, 1.807) is 22.0 Å². The highest BCUT2D eigenvalue weighted by Crippen LogP contribution is 2.34. The van der Waals surface area contributed by atoms with E-state index in [9.17, 15) is 19.7 Å². The number of fused-ring (bicyclic) bond motifs is 3. The predicted molar refractivity (Wildman–Crippen MR) is 128 cm³/mol. The maximum atomic E-state index is 13.4. The number of aromatic nitrogens is 2. The predicted octanol–water partition coefficient (Wildman–Crippen LogP) is 4.55. The Morgan fingerprint density at radius 2 is 2.16 bits per heavy atom. The summed E-state index contributed by atoms with van der Waals surface area (Å²) in [6.07, 6.45) is 4.08. The molecule has 1 aliphatic carbocycles. The van der Waals surface area contributed by atoms with Crippen molar-refractivity contribution in [2.24, 2.45) is 0 Å². The van der Waals surface area contributed by atoms with Crippen molar-refractivity contribution in [1.29, 1.82) is 0 Å². The molecule has 0 bridgehead atoms. The first kappa shape index (κ1) is 22.2. The molecular formula is C22H22N4O4S2. The summed E-state index contributed by atoms with van der Waals surface area (Å²) in [5.41, 5.74) is 2.11. The molecule has 0 fully saturated rings. The SMILES string of the molecule is C=C(C)Cn1c(SCC(=O)Nc2cccc([N+](=O)[O-])c2)nc2sc3c(c2c1=O)CCCC3. The lowest BCUT2D eigenvalue weighted by atomic mass is 9.97. The lowest BCUT2D eigenvalue weighted by Gasteiger charge is -2.13. The number of non-ortho nitro benzene ring substituents is 1. The van der Waals surface area contributed by atoms with Crippen molar-refractivity contribution in [3.8, 4) is 0 Å². The highest BCUT2D eigenvalue weighted by molar-refractivity contribution is 7.99. The van der Waals surface area contributed by atoms with E-state index in [4.69, 9.17) is 4.98 Å². The highest BCUT2D eigenvalue weighted by atomic mass is 32.2. The van der Waals surface area contributed by atoms with Crippen LogP contribution in [0.2, 0.25) is 0 Å². The molecule has 2 aromatic heterocycles. The molecule has 2 heterocycles. The van der Waals surface area contributed by atoms with E-state index in [1.807, 2.05) is 6.92 Å². The van der Waals surface area contributed by atoms with Gasteiger partial charge in [-0.1, -0.05) is 30.0 Å². The van der Waals surface area contributed by atoms with Gasteiger partial charge in [0.25, 0.3) is 11.2 Å². The number of aryl methyl sites for hydroxylation is 2. The van der Waals surface area contributed by atoms with E-state index in [2.05, 4.69) is 11.9 Å². The molecule has 3 aromatic rings. The number of nitro groups is 1. The molecule has 0 saturated carbocycles. The number of carbonyl (C=O) groups is 1. The van der Waals surface area contributed by atoms with Gasteiger partial charge >= 0.3 is 0 Å². The van der Waals surface area contributed by atoms with Gasteiger partial charge in [-0.2, -0.15) is 0 Å². The lowest BCUT2D eigenvalue weighted by molar-refractivity contribution is -0.384. The van der Waals surface area contributed by atoms with Crippen LogP contribution >= 0.6 is 23.1 Å². The van der Waals surface area contributed by atoms with E-state index in [1.165, 1.54) is 34.8 Å². The Kier molecular flexibility index (Phi) is 6.43. The fraction of sp³-hybridized carbons (Fsp3) is 0.318. The van der Waals surface area contributed by atoms with Gasteiger partial charge in [0, 0.05) is 29.2 Å². The largest absolute Gasteiger partial charge is 0.325 e. The topological polar surface area (TPSA) is 107 Å². The summed E-state index contributed by atoms with van der Waals surface area (Å²) < 4.78 is 1.59. The Labute approximate surface area is 192 Å². The van der Waals surface area contributed by atoms with Crippen molar-refractivity contribution < 1.29 is 9.72 Å². The average molecular weight is 471 g/mol. The zero-order valence-corrected chi connectivity index (χ0v) is 19.2. The molecule has 166 valence electrons. The van der Waals surface area contributed by atoms with Crippen LogP contribution in [0.25, 0.3) is 10.2 Å². The van der Waals surface area contributed by atoms with E-state index in [0.29, 0.717) is 22.8 Å². The molecule has 0 atom stereocenters. The summed E-state index contributed by atoms with van der Waals surface area (Å²) in [5, 5.41) is 14.8. The van der Waals surface area contributed by atoms with Gasteiger partial charge in [0.05, 0.1) is 16.1 Å². The van der Waals surface area contributed by atoms with Gasteiger partial charge in [-0.05, 0) is 44.2 Å². The molecule has 0 saturated heterocycles. The van der Waals surface area contributed by atoms with Crippen LogP contribution in [-0.4, -0.2) is 26.1 Å². The number of nitrogens with zero attached hydrogens (tertiary/aromatic N) is 3. The smallest absolute Gasteiger partial charge is 0.271 e. The molecule has 1 aromatic carbocycles. The monoisotopic (exact) mass is 470 g/mol. The third-order valence-electron chi connectivity index (χ3n) is 5.14. The fourth-order valence-electron chi connectivity index (χ4n) is 3.76. The quantitative estimate of drug-likeness (QED) is 0.178. The molecule has 1 N–H and O–H groups in total. The van der Waals surface area contributed by atoms with Crippen molar-refractivity contribution in [2.75, 3.05) is 11.1 Å². The van der Waals surface area contributed by atoms with Crippen LogP contribution in [0.3, 0.4) is 0 Å². The molecule has 0 aliphatic heterocycles. The summed E-state index contributed by atoms with van der Waals surface area (Å²) >= 11 is 2.75. The molecule has 1 aliphatic rings. The minimum atomic E-state index is -0.513. The Balaban J connectivity index is 1.60. The first-order chi connectivity index (χ1) is 15.3. The molecular weight excluding hydrogens is 448 g/mol. The van der Waals surface area contributed by atoms with Gasteiger partial charge in [-0.3, -0.25) is 24.3 Å². The number of thiophene rings is 1.